The van der Waals surface area contributed by atoms with E-state index >= 15 is 0 Å². The number of hydrogen-bond acceptors (Lipinski definition) is 3. The first-order valence-electron chi connectivity index (χ1n) is 5.02. The molecule has 1 aliphatic rings. The third kappa shape index (κ3) is 2.25. The Morgan fingerprint density at radius 2 is 2.21 bits per heavy atom. The highest BCUT2D eigenvalue weighted by Gasteiger charge is 2.34. The summed E-state index contributed by atoms with van der Waals surface area (Å²) in [6.07, 6.45) is 1.16. The second-order valence-electron chi connectivity index (χ2n) is 4.27. The molecule has 14 heavy (non-hydrogen) atoms. The van der Waals surface area contributed by atoms with Gasteiger partial charge >= 0.3 is 0 Å². The number of likely N-dealkylation sites (N-methyl/N-ethyl adjacent to an activating group) is 1. The molecule has 1 rings (SSSR count). The molecule has 1 unspecified atom stereocenters. The van der Waals surface area contributed by atoms with Gasteiger partial charge in [0, 0.05) is 20.2 Å². The molecule has 1 amide bonds. The SMILES string of the molecule is CNC(C)(C)C(=O)N1CCC(OC)C1. The van der Waals surface area contributed by atoms with Gasteiger partial charge in [-0.1, -0.05) is 0 Å². The van der Waals surface area contributed by atoms with Gasteiger partial charge in [0.25, 0.3) is 0 Å². The molecule has 0 aromatic carbocycles. The first-order chi connectivity index (χ1) is 6.51. The van der Waals surface area contributed by atoms with Crippen LogP contribution in [0.5, 0.6) is 0 Å². The summed E-state index contributed by atoms with van der Waals surface area (Å²) in [5.41, 5.74) is -0.470. The van der Waals surface area contributed by atoms with Crippen molar-refractivity contribution in [1.29, 1.82) is 0 Å². The number of rotatable bonds is 3. The molecule has 0 bridgehead atoms. The monoisotopic (exact) mass is 200 g/mol. The first kappa shape index (κ1) is 11.5. The van der Waals surface area contributed by atoms with Crippen molar-refractivity contribution in [1.82, 2.24) is 10.2 Å². The van der Waals surface area contributed by atoms with Gasteiger partial charge in [0.15, 0.2) is 0 Å². The maximum absolute atomic E-state index is 12.0. The molecule has 0 saturated carbocycles. The third-order valence-corrected chi connectivity index (χ3v) is 2.93. The van der Waals surface area contributed by atoms with E-state index in [1.165, 1.54) is 0 Å². The van der Waals surface area contributed by atoms with Gasteiger partial charge in [0.05, 0.1) is 11.6 Å². The Labute approximate surface area is 85.6 Å². The van der Waals surface area contributed by atoms with Gasteiger partial charge in [-0.15, -0.1) is 0 Å². The van der Waals surface area contributed by atoms with Crippen LogP contribution in [0.1, 0.15) is 20.3 Å². The van der Waals surface area contributed by atoms with Crippen LogP contribution in [0.15, 0.2) is 0 Å². The molecule has 1 heterocycles. The molecular weight excluding hydrogens is 180 g/mol. The molecule has 1 saturated heterocycles. The highest BCUT2D eigenvalue weighted by molar-refractivity contribution is 5.85. The van der Waals surface area contributed by atoms with Crippen LogP contribution in [0.2, 0.25) is 0 Å². The second-order valence-corrected chi connectivity index (χ2v) is 4.27. The number of carbonyl (C=O) groups is 1. The van der Waals surface area contributed by atoms with E-state index in [2.05, 4.69) is 5.32 Å². The predicted octanol–water partition coefficient (Wildman–Crippen LogP) is 0.232. The number of methoxy groups -OCH3 is 1. The van der Waals surface area contributed by atoms with Gasteiger partial charge in [-0.25, -0.2) is 0 Å². The van der Waals surface area contributed by atoms with Crippen LogP contribution in [0.4, 0.5) is 0 Å². The molecule has 0 aromatic rings. The molecule has 0 aromatic heterocycles. The van der Waals surface area contributed by atoms with Gasteiger partial charge in [0.1, 0.15) is 0 Å². The molecule has 0 radical (unpaired) electrons. The smallest absolute Gasteiger partial charge is 0.242 e. The molecule has 0 spiro atoms. The lowest BCUT2D eigenvalue weighted by molar-refractivity contribution is -0.136. The summed E-state index contributed by atoms with van der Waals surface area (Å²) < 4.78 is 5.22. The van der Waals surface area contributed by atoms with Gasteiger partial charge in [0.2, 0.25) is 5.91 Å². The molecule has 4 nitrogen and oxygen atoms in total. The number of ether oxygens (including phenoxy) is 1. The molecule has 1 fully saturated rings. The number of amides is 1. The van der Waals surface area contributed by atoms with Gasteiger partial charge in [-0.05, 0) is 27.3 Å². The number of nitrogens with one attached hydrogen (secondary N) is 1. The highest BCUT2D eigenvalue weighted by atomic mass is 16.5. The second kappa shape index (κ2) is 4.28. The first-order valence-corrected chi connectivity index (χ1v) is 5.02. The van der Waals surface area contributed by atoms with E-state index in [1.807, 2.05) is 25.8 Å². The number of likely N-dealkylation sites (tertiary alicyclic amines) is 1. The lowest BCUT2D eigenvalue weighted by Gasteiger charge is -2.28. The van der Waals surface area contributed by atoms with Crippen molar-refractivity contribution in [2.24, 2.45) is 0 Å². The van der Waals surface area contributed by atoms with Crippen molar-refractivity contribution in [3.63, 3.8) is 0 Å². The lowest BCUT2D eigenvalue weighted by atomic mass is 10.0. The number of nitrogens with zero attached hydrogens (tertiary/aromatic N) is 1. The fraction of sp³-hybridized carbons (Fsp3) is 0.900. The zero-order chi connectivity index (χ0) is 10.8. The summed E-state index contributed by atoms with van der Waals surface area (Å²) in [4.78, 5) is 13.8. The van der Waals surface area contributed by atoms with E-state index in [1.54, 1.807) is 7.11 Å². The van der Waals surface area contributed by atoms with Crippen LogP contribution in [0.3, 0.4) is 0 Å². The lowest BCUT2D eigenvalue weighted by Crippen LogP contribution is -2.52. The fourth-order valence-corrected chi connectivity index (χ4v) is 1.61. The minimum Gasteiger partial charge on any atom is -0.380 e. The van der Waals surface area contributed by atoms with Crippen LogP contribution < -0.4 is 5.32 Å². The zero-order valence-corrected chi connectivity index (χ0v) is 9.46. The van der Waals surface area contributed by atoms with Crippen molar-refractivity contribution in [2.45, 2.75) is 31.9 Å². The molecule has 0 aliphatic carbocycles. The Kier molecular flexibility index (Phi) is 3.50. The Balaban J connectivity index is 2.55. The van der Waals surface area contributed by atoms with E-state index in [4.69, 9.17) is 4.74 Å². The summed E-state index contributed by atoms with van der Waals surface area (Å²) in [7, 11) is 3.50. The number of carbonyl (C=O) groups excluding carboxylic acids is 1. The Morgan fingerprint density at radius 3 is 2.64 bits per heavy atom. The van der Waals surface area contributed by atoms with E-state index < -0.39 is 5.54 Å². The van der Waals surface area contributed by atoms with Gasteiger partial charge in [-0.3, -0.25) is 4.79 Å². The summed E-state index contributed by atoms with van der Waals surface area (Å²) in [5.74, 6) is 0.152. The summed E-state index contributed by atoms with van der Waals surface area (Å²) in [6, 6.07) is 0. The summed E-state index contributed by atoms with van der Waals surface area (Å²) in [6.45, 7) is 5.33. The van der Waals surface area contributed by atoms with Crippen molar-refractivity contribution in [3.05, 3.63) is 0 Å². The molecule has 4 heteroatoms. The number of hydrogen-bond donors (Lipinski definition) is 1. The Morgan fingerprint density at radius 1 is 1.57 bits per heavy atom. The molecule has 1 atom stereocenters. The Bertz CT molecular complexity index is 216. The third-order valence-electron chi connectivity index (χ3n) is 2.93. The standard InChI is InChI=1S/C10H20N2O2/c1-10(2,11-3)9(13)12-6-5-8(7-12)14-4/h8,11H,5-7H2,1-4H3. The van der Waals surface area contributed by atoms with E-state index in [0.717, 1.165) is 19.5 Å². The van der Waals surface area contributed by atoms with Crippen molar-refractivity contribution in [3.8, 4) is 0 Å². The maximum atomic E-state index is 12.0. The zero-order valence-electron chi connectivity index (χ0n) is 9.46. The average molecular weight is 200 g/mol. The minimum absolute atomic E-state index is 0.152. The summed E-state index contributed by atoms with van der Waals surface area (Å²) in [5, 5.41) is 3.02. The van der Waals surface area contributed by atoms with E-state index in [-0.39, 0.29) is 12.0 Å². The summed E-state index contributed by atoms with van der Waals surface area (Å²) >= 11 is 0. The van der Waals surface area contributed by atoms with Crippen LogP contribution >= 0.6 is 0 Å². The van der Waals surface area contributed by atoms with E-state index in [0.29, 0.717) is 0 Å². The highest BCUT2D eigenvalue weighted by Crippen LogP contribution is 2.16. The van der Waals surface area contributed by atoms with Crippen LogP contribution in [-0.4, -0.2) is 49.7 Å². The van der Waals surface area contributed by atoms with Crippen LogP contribution in [-0.2, 0) is 9.53 Å². The largest absolute Gasteiger partial charge is 0.380 e. The average Bonchev–Trinajstić information content (AvgIpc) is 2.64. The van der Waals surface area contributed by atoms with Crippen LogP contribution in [0.25, 0.3) is 0 Å². The van der Waals surface area contributed by atoms with Crippen molar-refractivity contribution >= 4 is 5.91 Å². The quantitative estimate of drug-likeness (QED) is 0.709. The maximum Gasteiger partial charge on any atom is 0.242 e. The van der Waals surface area contributed by atoms with Crippen LogP contribution in [0, 0.1) is 0 Å². The van der Waals surface area contributed by atoms with Gasteiger partial charge in [-0.2, -0.15) is 0 Å². The molecule has 82 valence electrons. The van der Waals surface area contributed by atoms with Gasteiger partial charge < -0.3 is 15.0 Å². The Hall–Kier alpha value is -0.610. The minimum atomic E-state index is -0.470. The molecule has 1 aliphatic heterocycles. The normalized spacial score (nSPS) is 22.9. The van der Waals surface area contributed by atoms with Crippen molar-refractivity contribution in [2.75, 3.05) is 27.2 Å². The fourth-order valence-electron chi connectivity index (χ4n) is 1.61. The van der Waals surface area contributed by atoms with Crippen molar-refractivity contribution < 1.29 is 9.53 Å². The topological polar surface area (TPSA) is 41.6 Å². The molecular formula is C10H20N2O2. The molecule has 1 N–H and O–H groups in total. The predicted molar refractivity (Wildman–Crippen MR) is 55.1 cm³/mol. The van der Waals surface area contributed by atoms with E-state index in [9.17, 15) is 4.79 Å².